The third-order valence-corrected chi connectivity index (χ3v) is 4.06. The Morgan fingerprint density at radius 3 is 2.33 bits per heavy atom. The number of unbranched alkanes of at least 4 members (excludes halogenated alkanes) is 1. The van der Waals surface area contributed by atoms with Crippen molar-refractivity contribution in [2.75, 3.05) is 12.0 Å². The van der Waals surface area contributed by atoms with Gasteiger partial charge in [-0.25, -0.2) is 0 Å². The van der Waals surface area contributed by atoms with Crippen molar-refractivity contribution in [3.05, 3.63) is 0 Å². The number of ether oxygens (including phenoxy) is 1. The van der Waals surface area contributed by atoms with Crippen LogP contribution < -0.4 is 0 Å². The lowest BCUT2D eigenvalue weighted by molar-refractivity contribution is -0.154. The van der Waals surface area contributed by atoms with Gasteiger partial charge in [0.05, 0.1) is 0 Å². The molecule has 0 bridgehead atoms. The molecule has 124 valence electrons. The Balaban J connectivity index is 3.60. The minimum Gasteiger partial charge on any atom is -0.460 e. The normalized spacial score (nSPS) is 13.0. The van der Waals surface area contributed by atoms with Crippen LogP contribution in [0.1, 0.15) is 65.7 Å². The van der Waals surface area contributed by atoms with Crippen molar-refractivity contribution >= 4 is 36.1 Å². The summed E-state index contributed by atoms with van der Waals surface area (Å²) in [6.07, 6.45) is 7.33. The number of carbonyl (C=O) groups excluding carboxylic acids is 2. The van der Waals surface area contributed by atoms with Gasteiger partial charge in [-0.3, -0.25) is 9.59 Å². The minimum atomic E-state index is -0.402. The van der Waals surface area contributed by atoms with Gasteiger partial charge in [0.2, 0.25) is 0 Å². The van der Waals surface area contributed by atoms with Crippen LogP contribution in [0.5, 0.6) is 0 Å². The first-order chi connectivity index (χ1) is 9.74. The van der Waals surface area contributed by atoms with Crippen LogP contribution in [-0.4, -0.2) is 34.6 Å². The maximum absolute atomic E-state index is 11.6. The Hall–Kier alpha value is -0.160. The number of thiol groups is 1. The molecule has 0 N–H and O–H groups in total. The van der Waals surface area contributed by atoms with Gasteiger partial charge in [0.15, 0.2) is 0 Å². The summed E-state index contributed by atoms with van der Waals surface area (Å²) in [5, 5.41) is 0.252. The summed E-state index contributed by atoms with van der Waals surface area (Å²) in [5.74, 6) is 1.11. The van der Waals surface area contributed by atoms with E-state index in [2.05, 4.69) is 12.6 Å². The van der Waals surface area contributed by atoms with Crippen molar-refractivity contribution in [1.29, 1.82) is 0 Å². The molecule has 0 aliphatic heterocycles. The first-order valence-electron chi connectivity index (χ1n) is 7.65. The number of carbonyl (C=O) groups is 2. The van der Waals surface area contributed by atoms with Gasteiger partial charge in [-0.2, -0.15) is 24.4 Å². The first-order valence-corrected chi connectivity index (χ1v) is 9.56. The molecule has 0 aliphatic rings. The molecule has 1 unspecified atom stereocenters. The quantitative estimate of drug-likeness (QED) is 0.348. The van der Waals surface area contributed by atoms with Crippen molar-refractivity contribution in [2.24, 2.45) is 0 Å². The fourth-order valence-electron chi connectivity index (χ4n) is 1.85. The lowest BCUT2D eigenvalue weighted by Gasteiger charge is -2.19. The molecule has 0 aromatic rings. The van der Waals surface area contributed by atoms with E-state index in [9.17, 15) is 9.59 Å². The summed E-state index contributed by atoms with van der Waals surface area (Å²) in [6, 6.07) is 0. The highest BCUT2D eigenvalue weighted by molar-refractivity contribution is 7.98. The molecule has 5 heteroatoms. The van der Waals surface area contributed by atoms with Crippen LogP contribution in [0.15, 0.2) is 0 Å². The van der Waals surface area contributed by atoms with Crippen LogP contribution >= 0.6 is 24.4 Å². The summed E-state index contributed by atoms with van der Waals surface area (Å²) in [7, 11) is 0. The highest BCUT2D eigenvalue weighted by Crippen LogP contribution is 2.16. The van der Waals surface area contributed by atoms with Gasteiger partial charge in [-0.15, -0.1) is 0 Å². The molecule has 21 heavy (non-hydrogen) atoms. The lowest BCUT2D eigenvalue weighted by Crippen LogP contribution is -2.23. The summed E-state index contributed by atoms with van der Waals surface area (Å²) in [5.41, 5.74) is -0.402. The zero-order chi connectivity index (χ0) is 16.3. The number of rotatable bonds is 11. The van der Waals surface area contributed by atoms with Crippen LogP contribution in [0.25, 0.3) is 0 Å². The fraction of sp³-hybridized carbons (Fsp3) is 0.875. The second kappa shape index (κ2) is 11.4. The number of esters is 1. The molecular formula is C16H30O3S2. The second-order valence-electron chi connectivity index (χ2n) is 6.31. The molecule has 0 saturated carbocycles. The largest absolute Gasteiger partial charge is 0.460 e. The van der Waals surface area contributed by atoms with Crippen LogP contribution in [0, 0.1) is 0 Å². The van der Waals surface area contributed by atoms with E-state index in [1.165, 1.54) is 0 Å². The van der Waals surface area contributed by atoms with Crippen LogP contribution in [-0.2, 0) is 14.3 Å². The average Bonchev–Trinajstić information content (AvgIpc) is 2.37. The van der Waals surface area contributed by atoms with Gasteiger partial charge in [-0.05, 0) is 52.0 Å². The Bertz CT molecular complexity index is 311. The molecule has 3 nitrogen and oxygen atoms in total. The molecule has 0 spiro atoms. The van der Waals surface area contributed by atoms with Crippen molar-refractivity contribution in [1.82, 2.24) is 0 Å². The standard InChI is InChI=1S/C16H30O3S2/c1-16(2,3)19-15(18)8-6-5-7-14(20)10-9-13(17)11-12-21-4/h14,20H,5-12H2,1-4H3. The molecule has 0 aliphatic carbocycles. The summed E-state index contributed by atoms with van der Waals surface area (Å²) < 4.78 is 5.26. The van der Waals surface area contributed by atoms with Gasteiger partial charge >= 0.3 is 5.97 Å². The Kier molecular flexibility index (Phi) is 11.3. The van der Waals surface area contributed by atoms with Gasteiger partial charge < -0.3 is 4.74 Å². The average molecular weight is 335 g/mol. The van der Waals surface area contributed by atoms with Crippen LogP contribution in [0.4, 0.5) is 0 Å². The summed E-state index contributed by atoms with van der Waals surface area (Å²) >= 11 is 6.22. The highest BCUT2D eigenvalue weighted by atomic mass is 32.2. The van der Waals surface area contributed by atoms with Gasteiger partial charge in [0, 0.05) is 24.5 Å². The number of ketones is 1. The Morgan fingerprint density at radius 1 is 1.10 bits per heavy atom. The zero-order valence-electron chi connectivity index (χ0n) is 13.8. The maximum Gasteiger partial charge on any atom is 0.306 e. The van der Waals surface area contributed by atoms with E-state index in [1.807, 2.05) is 27.0 Å². The second-order valence-corrected chi connectivity index (χ2v) is 8.02. The van der Waals surface area contributed by atoms with E-state index in [0.29, 0.717) is 25.0 Å². The van der Waals surface area contributed by atoms with Crippen LogP contribution in [0.2, 0.25) is 0 Å². The van der Waals surface area contributed by atoms with Crippen molar-refractivity contribution in [2.45, 2.75) is 76.6 Å². The molecule has 1 atom stereocenters. The number of hydrogen-bond acceptors (Lipinski definition) is 5. The van der Waals surface area contributed by atoms with E-state index in [-0.39, 0.29) is 11.2 Å². The van der Waals surface area contributed by atoms with Crippen molar-refractivity contribution < 1.29 is 14.3 Å². The molecule has 0 fully saturated rings. The van der Waals surface area contributed by atoms with Crippen molar-refractivity contribution in [3.8, 4) is 0 Å². The highest BCUT2D eigenvalue weighted by Gasteiger charge is 2.15. The molecule has 0 heterocycles. The molecule has 0 radical (unpaired) electrons. The Morgan fingerprint density at radius 2 is 1.76 bits per heavy atom. The molecule has 0 aromatic carbocycles. The van der Waals surface area contributed by atoms with E-state index < -0.39 is 5.60 Å². The number of thioether (sulfide) groups is 1. The minimum absolute atomic E-state index is 0.134. The predicted octanol–water partition coefficient (Wildman–Crippen LogP) is 4.29. The SMILES string of the molecule is CSCCC(=O)CCC(S)CCCCC(=O)OC(C)(C)C. The smallest absolute Gasteiger partial charge is 0.306 e. The molecule has 0 aromatic heterocycles. The Labute approximate surface area is 139 Å². The molecule has 0 amide bonds. The summed E-state index contributed by atoms with van der Waals surface area (Å²) in [4.78, 5) is 23.1. The van der Waals surface area contributed by atoms with Gasteiger partial charge in [0.25, 0.3) is 0 Å². The monoisotopic (exact) mass is 334 g/mol. The van der Waals surface area contributed by atoms with E-state index >= 15 is 0 Å². The number of hydrogen-bond donors (Lipinski definition) is 1. The van der Waals surface area contributed by atoms with E-state index in [1.54, 1.807) is 11.8 Å². The predicted molar refractivity (Wildman–Crippen MR) is 94.3 cm³/mol. The van der Waals surface area contributed by atoms with Gasteiger partial charge in [0.1, 0.15) is 11.4 Å². The maximum atomic E-state index is 11.6. The lowest BCUT2D eigenvalue weighted by atomic mass is 10.1. The molecule has 0 rings (SSSR count). The molecular weight excluding hydrogens is 304 g/mol. The first kappa shape index (κ1) is 20.8. The van der Waals surface area contributed by atoms with Gasteiger partial charge in [-0.1, -0.05) is 6.42 Å². The third kappa shape index (κ3) is 14.5. The van der Waals surface area contributed by atoms with E-state index in [4.69, 9.17) is 4.74 Å². The fourth-order valence-corrected chi connectivity index (χ4v) is 2.60. The topological polar surface area (TPSA) is 43.4 Å². The molecule has 0 saturated heterocycles. The number of Topliss-reactive ketones (excluding diaryl/α,β-unsaturated/α-hetero) is 1. The summed E-state index contributed by atoms with van der Waals surface area (Å²) in [6.45, 7) is 5.63. The third-order valence-electron chi connectivity index (χ3n) is 2.93. The van der Waals surface area contributed by atoms with Crippen LogP contribution in [0.3, 0.4) is 0 Å². The van der Waals surface area contributed by atoms with Crippen molar-refractivity contribution in [3.63, 3.8) is 0 Å². The van der Waals surface area contributed by atoms with E-state index in [0.717, 1.165) is 31.4 Å². The zero-order valence-corrected chi connectivity index (χ0v) is 15.5.